The molecule has 6 nitrogen and oxygen atoms in total. The molecule has 1 atom stereocenters. The molecule has 1 aromatic heterocycles. The highest BCUT2D eigenvalue weighted by Crippen LogP contribution is 2.32. The zero-order chi connectivity index (χ0) is 29.1. The third-order valence-electron chi connectivity index (χ3n) is 6.49. The van der Waals surface area contributed by atoms with Gasteiger partial charge in [-0.3, -0.25) is 9.36 Å². The van der Waals surface area contributed by atoms with Crippen LogP contribution in [-0.2, 0) is 16.1 Å². The first kappa shape index (κ1) is 30.1. The largest absolute Gasteiger partial charge is 0.487 e. The minimum atomic E-state index is -0.627. The second-order valence-corrected chi connectivity index (χ2v) is 13.4. The van der Waals surface area contributed by atoms with Crippen LogP contribution in [0.15, 0.2) is 92.7 Å². The number of thiazole rings is 1. The highest BCUT2D eigenvalue weighted by molar-refractivity contribution is 14.1. The monoisotopic (exact) mass is 808 g/mol. The number of nitrogens with zero attached hydrogens (tertiary/aromatic N) is 2. The first-order chi connectivity index (χ1) is 19.8. The number of esters is 1. The maximum Gasteiger partial charge on any atom is 0.338 e. The van der Waals surface area contributed by atoms with Gasteiger partial charge in [-0.25, -0.2) is 9.79 Å². The highest BCUT2D eigenvalue weighted by atomic mass is 127. The molecule has 10 heteroatoms. The molecule has 0 saturated heterocycles. The van der Waals surface area contributed by atoms with Crippen LogP contribution in [0.2, 0.25) is 0 Å². The van der Waals surface area contributed by atoms with Gasteiger partial charge in [-0.05, 0) is 112 Å². The SMILES string of the molecule is CCOC(=O)C1=C(C)N=c2s/c(=C\c3cc(I)c(OCc4ccccc4)c(I)c3)c(=O)n2[C@H]1c1ccc(SC)cc1. The lowest BCUT2D eigenvalue weighted by Crippen LogP contribution is -2.39. The van der Waals surface area contributed by atoms with Gasteiger partial charge in [0, 0.05) is 4.90 Å². The Labute approximate surface area is 273 Å². The van der Waals surface area contributed by atoms with E-state index in [2.05, 4.69) is 50.2 Å². The number of aromatic nitrogens is 1. The molecule has 0 aliphatic carbocycles. The molecule has 0 N–H and O–H groups in total. The Morgan fingerprint density at radius 3 is 2.41 bits per heavy atom. The van der Waals surface area contributed by atoms with Crippen molar-refractivity contribution in [3.8, 4) is 5.75 Å². The van der Waals surface area contributed by atoms with Gasteiger partial charge in [-0.1, -0.05) is 53.8 Å². The normalized spacial score (nSPS) is 15.0. The van der Waals surface area contributed by atoms with E-state index in [0.29, 0.717) is 27.2 Å². The number of hydrogen-bond acceptors (Lipinski definition) is 7. The van der Waals surface area contributed by atoms with Gasteiger partial charge in [0.1, 0.15) is 12.4 Å². The number of fused-ring (bicyclic) bond motifs is 1. The number of carbonyl (C=O) groups excluding carboxylic acids is 1. The van der Waals surface area contributed by atoms with E-state index in [1.54, 1.807) is 30.2 Å². The van der Waals surface area contributed by atoms with E-state index >= 15 is 0 Å². The maximum absolute atomic E-state index is 13.9. The zero-order valence-electron chi connectivity index (χ0n) is 22.5. The molecule has 0 fully saturated rings. The van der Waals surface area contributed by atoms with Gasteiger partial charge in [-0.2, -0.15) is 0 Å². The lowest BCUT2D eigenvalue weighted by Gasteiger charge is -2.24. The van der Waals surface area contributed by atoms with E-state index in [0.717, 1.165) is 34.5 Å². The summed E-state index contributed by atoms with van der Waals surface area (Å²) in [6.07, 6.45) is 3.89. The molecule has 210 valence electrons. The summed E-state index contributed by atoms with van der Waals surface area (Å²) in [7, 11) is 0. The first-order valence-corrected chi connectivity index (χ1v) is 17.0. The van der Waals surface area contributed by atoms with Crippen molar-refractivity contribution in [1.82, 2.24) is 4.57 Å². The molecule has 0 unspecified atom stereocenters. The molecule has 0 bridgehead atoms. The van der Waals surface area contributed by atoms with Crippen molar-refractivity contribution in [2.75, 3.05) is 12.9 Å². The fraction of sp³-hybridized carbons (Fsp3) is 0.194. The molecule has 4 aromatic rings. The maximum atomic E-state index is 13.9. The molecule has 1 aliphatic heterocycles. The van der Waals surface area contributed by atoms with Crippen molar-refractivity contribution in [2.24, 2.45) is 4.99 Å². The van der Waals surface area contributed by atoms with Gasteiger partial charge in [0.15, 0.2) is 4.80 Å². The predicted octanol–water partition coefficient (Wildman–Crippen LogP) is 6.31. The average Bonchev–Trinajstić information content (AvgIpc) is 3.26. The van der Waals surface area contributed by atoms with Crippen molar-refractivity contribution < 1.29 is 14.3 Å². The van der Waals surface area contributed by atoms with Crippen molar-refractivity contribution in [3.63, 3.8) is 0 Å². The summed E-state index contributed by atoms with van der Waals surface area (Å²) in [5, 5.41) is 0. The molecule has 41 heavy (non-hydrogen) atoms. The smallest absolute Gasteiger partial charge is 0.338 e. The zero-order valence-corrected chi connectivity index (χ0v) is 28.5. The van der Waals surface area contributed by atoms with Gasteiger partial charge < -0.3 is 9.47 Å². The molecule has 0 saturated carbocycles. The Bertz CT molecular complexity index is 1790. The number of hydrogen-bond donors (Lipinski definition) is 0. The highest BCUT2D eigenvalue weighted by Gasteiger charge is 2.33. The predicted molar refractivity (Wildman–Crippen MR) is 181 cm³/mol. The van der Waals surface area contributed by atoms with Crippen molar-refractivity contribution in [3.05, 3.63) is 122 Å². The number of carbonyl (C=O) groups is 1. The Morgan fingerprint density at radius 2 is 1.78 bits per heavy atom. The van der Waals surface area contributed by atoms with E-state index in [4.69, 9.17) is 9.47 Å². The van der Waals surface area contributed by atoms with Crippen LogP contribution < -0.4 is 19.6 Å². The van der Waals surface area contributed by atoms with Crippen LogP contribution in [0.4, 0.5) is 0 Å². The van der Waals surface area contributed by atoms with E-state index in [-0.39, 0.29) is 12.2 Å². The van der Waals surface area contributed by atoms with Crippen LogP contribution in [0, 0.1) is 7.14 Å². The van der Waals surface area contributed by atoms with Crippen LogP contribution in [0.25, 0.3) is 6.08 Å². The van der Waals surface area contributed by atoms with Crippen LogP contribution in [-0.4, -0.2) is 23.4 Å². The Kier molecular flexibility index (Phi) is 9.72. The van der Waals surface area contributed by atoms with Crippen LogP contribution in [0.1, 0.15) is 36.6 Å². The van der Waals surface area contributed by atoms with E-state index in [9.17, 15) is 9.59 Å². The van der Waals surface area contributed by atoms with Crippen molar-refractivity contribution in [1.29, 1.82) is 0 Å². The number of allylic oxidation sites excluding steroid dienone is 1. The Balaban J connectivity index is 1.56. The summed E-state index contributed by atoms with van der Waals surface area (Å²) in [6.45, 7) is 4.28. The summed E-state index contributed by atoms with van der Waals surface area (Å²) >= 11 is 7.50. The number of ether oxygens (including phenoxy) is 2. The quantitative estimate of drug-likeness (QED) is 0.119. The third kappa shape index (κ3) is 6.50. The Morgan fingerprint density at radius 1 is 1.10 bits per heavy atom. The summed E-state index contributed by atoms with van der Waals surface area (Å²) in [4.78, 5) is 33.4. The minimum Gasteiger partial charge on any atom is -0.487 e. The molecule has 3 aromatic carbocycles. The van der Waals surface area contributed by atoms with Gasteiger partial charge in [0.2, 0.25) is 0 Å². The molecule has 0 radical (unpaired) electrons. The molecular formula is C31H26I2N2O4S2. The number of benzene rings is 3. The molecule has 2 heterocycles. The lowest BCUT2D eigenvalue weighted by atomic mass is 9.96. The molecule has 1 aliphatic rings. The summed E-state index contributed by atoms with van der Waals surface area (Å²) < 4.78 is 15.6. The Hall–Kier alpha value is -2.42. The van der Waals surface area contributed by atoms with Gasteiger partial charge >= 0.3 is 5.97 Å². The molecule has 0 spiro atoms. The average molecular weight is 809 g/mol. The second kappa shape index (κ2) is 13.3. The number of halogens is 2. The number of rotatable bonds is 8. The van der Waals surface area contributed by atoms with Gasteiger partial charge in [-0.15, -0.1) is 11.8 Å². The second-order valence-electron chi connectivity index (χ2n) is 9.16. The fourth-order valence-corrected chi connectivity index (χ4v) is 8.16. The topological polar surface area (TPSA) is 69.9 Å². The standard InChI is InChI=1S/C31H26I2N2O4S2/c1-4-38-30(37)26-18(2)34-31-35(27(26)21-10-12-22(40-3)13-11-21)29(36)25(41-31)16-20-14-23(32)28(24(33)15-20)39-17-19-8-6-5-7-9-19/h5-16,27H,4,17H2,1-3H3/b25-16-/t27-/m0/s1. The third-order valence-corrected chi connectivity index (χ3v) is 9.82. The van der Waals surface area contributed by atoms with Crippen LogP contribution in [0.3, 0.4) is 0 Å². The van der Waals surface area contributed by atoms with E-state index in [1.165, 1.54) is 11.3 Å². The van der Waals surface area contributed by atoms with Gasteiger partial charge in [0.25, 0.3) is 5.56 Å². The number of thioether (sulfide) groups is 1. The first-order valence-electron chi connectivity index (χ1n) is 12.8. The van der Waals surface area contributed by atoms with Crippen molar-refractivity contribution in [2.45, 2.75) is 31.4 Å². The van der Waals surface area contributed by atoms with Gasteiger partial charge in [0.05, 0.1) is 35.6 Å². The van der Waals surface area contributed by atoms with Crippen molar-refractivity contribution >= 4 is 80.3 Å². The van der Waals surface area contributed by atoms with Crippen LogP contribution in [0.5, 0.6) is 5.75 Å². The van der Waals surface area contributed by atoms with Crippen LogP contribution >= 0.6 is 68.3 Å². The molecule has 5 rings (SSSR count). The van der Waals surface area contributed by atoms with E-state index in [1.807, 2.05) is 79.1 Å². The molecular weight excluding hydrogens is 782 g/mol. The summed E-state index contributed by atoms with van der Waals surface area (Å²) in [5.41, 5.74) is 3.55. The minimum absolute atomic E-state index is 0.198. The summed E-state index contributed by atoms with van der Waals surface area (Å²) in [5.74, 6) is 0.356. The summed E-state index contributed by atoms with van der Waals surface area (Å²) in [6, 6.07) is 21.4. The lowest BCUT2D eigenvalue weighted by molar-refractivity contribution is -0.139. The van der Waals surface area contributed by atoms with E-state index < -0.39 is 12.0 Å². The molecule has 0 amide bonds. The fourth-order valence-electron chi connectivity index (χ4n) is 4.57.